The largest absolute Gasteiger partial charge is 0.368 e. The lowest BCUT2D eigenvalue weighted by Crippen LogP contribution is -2.46. The highest BCUT2D eigenvalue weighted by Gasteiger charge is 2.16. The quantitative estimate of drug-likeness (QED) is 0.465. The summed E-state index contributed by atoms with van der Waals surface area (Å²) >= 11 is 0. The monoisotopic (exact) mass is 406 g/mol. The van der Waals surface area contributed by atoms with E-state index in [2.05, 4.69) is 49.2 Å². The molecule has 4 heterocycles. The number of piperazine rings is 1. The van der Waals surface area contributed by atoms with Crippen LogP contribution in [0.5, 0.6) is 0 Å². The molecule has 0 aliphatic carbocycles. The molecule has 3 aromatic rings. The van der Waals surface area contributed by atoms with Crippen LogP contribution in [0.4, 0.5) is 5.69 Å². The van der Waals surface area contributed by atoms with E-state index >= 15 is 0 Å². The standard InChI is InChI=1S/C21H26N8O/c1-4-27-10-12-28(13-11-27)17-5-7-20(26(3)15-17)23-18(9-14-30)19-6-8-21-22-16(2)24-29(21)25-19/h5-9,14-15H,4,10-13H2,1-3H3/b18-9-,23-20?. The normalized spacial score (nSPS) is 16.4. The third kappa shape index (κ3) is 4.16. The molecule has 0 unspecified atom stereocenters. The number of nitrogens with zero attached hydrogens (tertiary/aromatic N) is 8. The minimum absolute atomic E-state index is 0.472. The molecule has 0 saturated carbocycles. The number of aryl methyl sites for hydroxylation is 2. The molecular formula is C21H26N8O. The number of rotatable bonds is 5. The average Bonchev–Trinajstić information content (AvgIpc) is 3.14. The van der Waals surface area contributed by atoms with E-state index in [1.165, 1.54) is 16.4 Å². The predicted molar refractivity (Wildman–Crippen MR) is 115 cm³/mol. The fourth-order valence-electron chi connectivity index (χ4n) is 3.60. The van der Waals surface area contributed by atoms with Crippen molar-refractivity contribution in [2.45, 2.75) is 13.8 Å². The number of aromatic nitrogens is 5. The van der Waals surface area contributed by atoms with Gasteiger partial charge in [-0.15, -0.1) is 14.8 Å². The lowest BCUT2D eigenvalue weighted by atomic mass is 10.2. The van der Waals surface area contributed by atoms with Gasteiger partial charge < -0.3 is 14.4 Å². The Labute approximate surface area is 175 Å². The first-order chi connectivity index (χ1) is 14.6. The summed E-state index contributed by atoms with van der Waals surface area (Å²) < 4.78 is 3.43. The van der Waals surface area contributed by atoms with Crippen LogP contribution in [0, 0.1) is 6.92 Å². The number of carbonyl (C=O) groups excluding carboxylic acids is 1. The molecule has 0 N–H and O–H groups in total. The minimum Gasteiger partial charge on any atom is -0.368 e. The van der Waals surface area contributed by atoms with E-state index in [1.807, 2.05) is 30.7 Å². The average molecular weight is 406 g/mol. The van der Waals surface area contributed by atoms with E-state index in [-0.39, 0.29) is 0 Å². The van der Waals surface area contributed by atoms with E-state index in [0.717, 1.165) is 44.5 Å². The van der Waals surface area contributed by atoms with Gasteiger partial charge in [0.1, 0.15) is 23.3 Å². The maximum Gasteiger partial charge on any atom is 0.176 e. The number of hydrogen-bond acceptors (Lipinski definition) is 7. The van der Waals surface area contributed by atoms with Gasteiger partial charge in [-0.2, -0.15) is 0 Å². The van der Waals surface area contributed by atoms with Gasteiger partial charge in [0.25, 0.3) is 0 Å². The second kappa shape index (κ2) is 8.58. The highest BCUT2D eigenvalue weighted by molar-refractivity contribution is 5.80. The molecule has 3 aromatic heterocycles. The van der Waals surface area contributed by atoms with Gasteiger partial charge >= 0.3 is 0 Å². The van der Waals surface area contributed by atoms with Crippen molar-refractivity contribution in [2.24, 2.45) is 12.0 Å². The van der Waals surface area contributed by atoms with E-state index in [1.54, 1.807) is 6.07 Å². The summed E-state index contributed by atoms with van der Waals surface area (Å²) in [6.45, 7) is 9.30. The summed E-state index contributed by atoms with van der Waals surface area (Å²) in [4.78, 5) is 25.0. The number of pyridine rings is 1. The summed E-state index contributed by atoms with van der Waals surface area (Å²) in [7, 11) is 1.96. The van der Waals surface area contributed by atoms with Crippen LogP contribution in [-0.2, 0) is 11.8 Å². The van der Waals surface area contributed by atoms with Crippen molar-refractivity contribution in [1.82, 2.24) is 29.3 Å². The third-order valence-corrected chi connectivity index (χ3v) is 5.31. The molecule has 0 spiro atoms. The van der Waals surface area contributed by atoms with Crippen LogP contribution in [0.25, 0.3) is 11.3 Å². The second-order valence-corrected chi connectivity index (χ2v) is 7.30. The van der Waals surface area contributed by atoms with Crippen molar-refractivity contribution in [3.8, 4) is 0 Å². The molecule has 0 bridgehead atoms. The number of carbonyl (C=O) groups is 1. The smallest absolute Gasteiger partial charge is 0.176 e. The molecule has 4 rings (SSSR count). The molecule has 0 aromatic carbocycles. The molecule has 0 amide bonds. The predicted octanol–water partition coefficient (Wildman–Crippen LogP) is 1.05. The topological polar surface area (TPSA) is 83.9 Å². The van der Waals surface area contributed by atoms with Gasteiger partial charge in [0.15, 0.2) is 5.65 Å². The minimum atomic E-state index is 0.472. The van der Waals surface area contributed by atoms with Gasteiger partial charge in [0.05, 0.1) is 11.4 Å². The Bertz CT molecular complexity index is 1150. The molecule has 0 atom stereocenters. The molecule has 1 saturated heterocycles. The molecule has 9 heteroatoms. The van der Waals surface area contributed by atoms with Gasteiger partial charge in [-0.3, -0.25) is 4.79 Å². The van der Waals surface area contributed by atoms with Crippen LogP contribution < -0.4 is 10.4 Å². The van der Waals surface area contributed by atoms with E-state index in [9.17, 15) is 4.79 Å². The van der Waals surface area contributed by atoms with Crippen molar-refractivity contribution < 1.29 is 4.79 Å². The number of aldehydes is 1. The van der Waals surface area contributed by atoms with Gasteiger partial charge in [-0.05, 0) is 37.7 Å². The van der Waals surface area contributed by atoms with Gasteiger partial charge in [-0.1, -0.05) is 6.92 Å². The highest BCUT2D eigenvalue weighted by Crippen LogP contribution is 2.16. The van der Waals surface area contributed by atoms with E-state index < -0.39 is 0 Å². The Morgan fingerprint density at radius 2 is 1.93 bits per heavy atom. The molecule has 0 radical (unpaired) electrons. The van der Waals surface area contributed by atoms with Crippen LogP contribution in [-0.4, -0.2) is 68.3 Å². The molecule has 1 fully saturated rings. The highest BCUT2D eigenvalue weighted by atomic mass is 16.1. The van der Waals surface area contributed by atoms with Crippen molar-refractivity contribution >= 4 is 23.3 Å². The first kappa shape index (κ1) is 20.0. The fraction of sp³-hybridized carbons (Fsp3) is 0.381. The summed E-state index contributed by atoms with van der Waals surface area (Å²) in [6, 6.07) is 7.66. The van der Waals surface area contributed by atoms with Crippen LogP contribution >= 0.6 is 0 Å². The molecule has 156 valence electrons. The van der Waals surface area contributed by atoms with Crippen molar-refractivity contribution in [1.29, 1.82) is 0 Å². The zero-order valence-corrected chi connectivity index (χ0v) is 17.6. The zero-order chi connectivity index (χ0) is 21.1. The maximum atomic E-state index is 11.2. The van der Waals surface area contributed by atoms with Crippen LogP contribution in [0.1, 0.15) is 18.4 Å². The number of fused-ring (bicyclic) bond motifs is 1. The lowest BCUT2D eigenvalue weighted by molar-refractivity contribution is -0.104. The summed E-state index contributed by atoms with van der Waals surface area (Å²) in [5.74, 6) is 0.638. The summed E-state index contributed by atoms with van der Waals surface area (Å²) in [5, 5.41) is 8.69. The second-order valence-electron chi connectivity index (χ2n) is 7.30. The molecule has 30 heavy (non-hydrogen) atoms. The van der Waals surface area contributed by atoms with Crippen LogP contribution in [0.3, 0.4) is 0 Å². The molecular weight excluding hydrogens is 380 g/mol. The first-order valence-corrected chi connectivity index (χ1v) is 10.1. The zero-order valence-electron chi connectivity index (χ0n) is 17.6. The Balaban J connectivity index is 1.64. The number of anilines is 1. The lowest BCUT2D eigenvalue weighted by Gasteiger charge is -2.35. The molecule has 1 aliphatic rings. The number of allylic oxidation sites excluding steroid dienone is 1. The number of likely N-dealkylation sites (N-methyl/N-ethyl adjacent to an activating group) is 1. The molecule has 9 nitrogen and oxygen atoms in total. The Hall–Kier alpha value is -3.33. The first-order valence-electron chi connectivity index (χ1n) is 10.1. The van der Waals surface area contributed by atoms with Gasteiger partial charge in [0, 0.05) is 45.5 Å². The van der Waals surface area contributed by atoms with E-state index in [4.69, 9.17) is 0 Å². The van der Waals surface area contributed by atoms with Gasteiger partial charge in [0.2, 0.25) is 0 Å². The van der Waals surface area contributed by atoms with Crippen molar-refractivity contribution in [2.75, 3.05) is 37.6 Å². The van der Waals surface area contributed by atoms with E-state index in [0.29, 0.717) is 22.9 Å². The SMILES string of the molecule is CCN1CCN(c2ccc(=N/C(=C\C=O)c3ccc4nc(C)nn4n3)n(C)c2)CC1. The van der Waals surface area contributed by atoms with Crippen molar-refractivity contribution in [3.05, 3.63) is 53.5 Å². The Morgan fingerprint density at radius 3 is 2.63 bits per heavy atom. The molecule has 1 aliphatic heterocycles. The Kier molecular flexibility index (Phi) is 5.71. The summed E-state index contributed by atoms with van der Waals surface area (Å²) in [6.07, 6.45) is 4.21. The van der Waals surface area contributed by atoms with Crippen molar-refractivity contribution in [3.63, 3.8) is 0 Å². The Morgan fingerprint density at radius 1 is 1.13 bits per heavy atom. The summed E-state index contributed by atoms with van der Waals surface area (Å²) in [5.41, 5.74) is 3.58. The fourth-order valence-corrected chi connectivity index (χ4v) is 3.60. The number of hydrogen-bond donors (Lipinski definition) is 0. The van der Waals surface area contributed by atoms with Gasteiger partial charge in [-0.25, -0.2) is 9.98 Å². The van der Waals surface area contributed by atoms with Crippen LogP contribution in [0.15, 0.2) is 41.5 Å². The van der Waals surface area contributed by atoms with Crippen LogP contribution in [0.2, 0.25) is 0 Å². The third-order valence-electron chi connectivity index (χ3n) is 5.31. The maximum absolute atomic E-state index is 11.2.